The lowest BCUT2D eigenvalue weighted by Gasteiger charge is -2.37. The summed E-state index contributed by atoms with van der Waals surface area (Å²) in [6, 6.07) is 0. The Bertz CT molecular complexity index is 335. The van der Waals surface area contributed by atoms with Gasteiger partial charge in [0.15, 0.2) is 0 Å². The molecule has 120 valence electrons. The number of hydrogen-bond acceptors (Lipinski definition) is 3. The number of nitrogens with zero attached hydrogens (tertiary/aromatic N) is 1. The third-order valence-electron chi connectivity index (χ3n) is 5.34. The molecular formula is C17H29NO3. The number of carbonyl (C=O) groups is 1. The molecule has 0 aromatic rings. The molecule has 0 aromatic heterocycles. The van der Waals surface area contributed by atoms with Crippen molar-refractivity contribution in [2.24, 2.45) is 11.8 Å². The van der Waals surface area contributed by atoms with Gasteiger partial charge in [0.1, 0.15) is 0 Å². The number of carbonyl (C=O) groups excluding carboxylic acids is 1. The van der Waals surface area contributed by atoms with E-state index in [0.717, 1.165) is 51.5 Å². The molecule has 4 heteroatoms. The Morgan fingerprint density at radius 2 is 1.76 bits per heavy atom. The highest BCUT2D eigenvalue weighted by Gasteiger charge is 2.31. The maximum Gasteiger partial charge on any atom is 0.226 e. The van der Waals surface area contributed by atoms with E-state index in [4.69, 9.17) is 9.47 Å². The molecule has 1 atom stereocenters. The number of hydrogen-bond donors (Lipinski definition) is 0. The predicted molar refractivity (Wildman–Crippen MR) is 81.1 cm³/mol. The van der Waals surface area contributed by atoms with E-state index in [2.05, 4.69) is 4.90 Å². The van der Waals surface area contributed by atoms with Crippen LogP contribution in [-0.4, -0.2) is 49.8 Å². The van der Waals surface area contributed by atoms with Crippen LogP contribution < -0.4 is 0 Å². The van der Waals surface area contributed by atoms with Gasteiger partial charge in [-0.25, -0.2) is 0 Å². The summed E-state index contributed by atoms with van der Waals surface area (Å²) in [4.78, 5) is 14.7. The number of ether oxygens (including phenoxy) is 2. The topological polar surface area (TPSA) is 38.8 Å². The second-order valence-electron chi connectivity index (χ2n) is 6.90. The van der Waals surface area contributed by atoms with Crippen molar-refractivity contribution in [2.75, 3.05) is 32.9 Å². The van der Waals surface area contributed by atoms with Gasteiger partial charge in [-0.3, -0.25) is 4.79 Å². The van der Waals surface area contributed by atoms with E-state index in [1.807, 2.05) is 0 Å². The summed E-state index contributed by atoms with van der Waals surface area (Å²) in [5.41, 5.74) is 0. The summed E-state index contributed by atoms with van der Waals surface area (Å²) >= 11 is 0. The molecule has 4 nitrogen and oxygen atoms in total. The first-order valence-corrected chi connectivity index (χ1v) is 8.81. The molecule has 3 fully saturated rings. The van der Waals surface area contributed by atoms with E-state index in [1.165, 1.54) is 32.1 Å². The van der Waals surface area contributed by atoms with E-state index in [0.29, 0.717) is 12.5 Å². The van der Waals surface area contributed by atoms with Crippen LogP contribution in [0.5, 0.6) is 0 Å². The van der Waals surface area contributed by atoms with E-state index >= 15 is 0 Å². The molecule has 1 amide bonds. The van der Waals surface area contributed by atoms with Crippen LogP contribution in [-0.2, 0) is 14.3 Å². The lowest BCUT2D eigenvalue weighted by atomic mass is 9.85. The highest BCUT2D eigenvalue weighted by Crippen LogP contribution is 2.29. The summed E-state index contributed by atoms with van der Waals surface area (Å²) in [7, 11) is 0. The quantitative estimate of drug-likeness (QED) is 0.803. The first-order chi connectivity index (χ1) is 10.3. The fraction of sp³-hybridized carbons (Fsp3) is 0.941. The van der Waals surface area contributed by atoms with Crippen molar-refractivity contribution in [3.8, 4) is 0 Å². The average Bonchev–Trinajstić information content (AvgIpc) is 2.56. The first kappa shape index (κ1) is 15.3. The molecule has 21 heavy (non-hydrogen) atoms. The average molecular weight is 295 g/mol. The highest BCUT2D eigenvalue weighted by molar-refractivity contribution is 5.79. The van der Waals surface area contributed by atoms with Crippen LogP contribution in [0.15, 0.2) is 0 Å². The lowest BCUT2D eigenvalue weighted by molar-refractivity contribution is -0.146. The van der Waals surface area contributed by atoms with Gasteiger partial charge < -0.3 is 14.4 Å². The van der Waals surface area contributed by atoms with Gasteiger partial charge in [-0.2, -0.15) is 0 Å². The van der Waals surface area contributed by atoms with Crippen LogP contribution in [0.2, 0.25) is 0 Å². The van der Waals surface area contributed by atoms with Crippen molar-refractivity contribution in [3.05, 3.63) is 0 Å². The summed E-state index contributed by atoms with van der Waals surface area (Å²) in [5, 5.41) is 0. The Kier molecular flexibility index (Phi) is 5.53. The second-order valence-corrected chi connectivity index (χ2v) is 6.90. The molecule has 1 saturated carbocycles. The molecule has 2 aliphatic heterocycles. The van der Waals surface area contributed by atoms with Gasteiger partial charge in [-0.1, -0.05) is 32.1 Å². The third kappa shape index (κ3) is 4.19. The molecule has 0 spiro atoms. The highest BCUT2D eigenvalue weighted by atomic mass is 16.5. The van der Waals surface area contributed by atoms with E-state index in [1.54, 1.807) is 0 Å². The lowest BCUT2D eigenvalue weighted by Crippen LogP contribution is -2.49. The molecule has 0 N–H and O–H groups in total. The van der Waals surface area contributed by atoms with Crippen LogP contribution in [0.25, 0.3) is 0 Å². The van der Waals surface area contributed by atoms with E-state index in [9.17, 15) is 4.79 Å². The van der Waals surface area contributed by atoms with Gasteiger partial charge in [0.25, 0.3) is 0 Å². The molecule has 1 aliphatic carbocycles. The van der Waals surface area contributed by atoms with Gasteiger partial charge >= 0.3 is 0 Å². The second kappa shape index (κ2) is 7.59. The van der Waals surface area contributed by atoms with Gasteiger partial charge in [0.2, 0.25) is 5.91 Å². The van der Waals surface area contributed by atoms with Crippen molar-refractivity contribution in [1.82, 2.24) is 4.90 Å². The number of rotatable bonds is 3. The molecule has 0 aromatic carbocycles. The Balaban J connectivity index is 1.48. The summed E-state index contributed by atoms with van der Waals surface area (Å²) in [5.74, 6) is 1.35. The Morgan fingerprint density at radius 1 is 1.00 bits per heavy atom. The molecule has 2 saturated heterocycles. The van der Waals surface area contributed by atoms with Crippen molar-refractivity contribution in [3.63, 3.8) is 0 Å². The Hall–Kier alpha value is -0.610. The molecule has 1 unspecified atom stereocenters. The fourth-order valence-corrected chi connectivity index (χ4v) is 4.06. The third-order valence-corrected chi connectivity index (χ3v) is 5.34. The molecule has 0 radical (unpaired) electrons. The maximum atomic E-state index is 12.6. The predicted octanol–water partition coefficient (Wildman–Crippen LogP) is 2.61. The molecule has 2 heterocycles. The first-order valence-electron chi connectivity index (χ1n) is 8.81. The van der Waals surface area contributed by atoms with Gasteiger partial charge in [-0.15, -0.1) is 0 Å². The zero-order chi connectivity index (χ0) is 14.5. The number of amides is 1. The van der Waals surface area contributed by atoms with Crippen molar-refractivity contribution < 1.29 is 14.3 Å². The van der Waals surface area contributed by atoms with Crippen molar-refractivity contribution >= 4 is 5.91 Å². The standard InChI is InChI=1S/C17H29NO3/c19-17(15-6-9-20-10-7-15)18-8-11-21-16(13-18)12-14-4-2-1-3-5-14/h14-16H,1-13H2. The summed E-state index contributed by atoms with van der Waals surface area (Å²) in [6.45, 7) is 3.79. The molecular weight excluding hydrogens is 266 g/mol. The summed E-state index contributed by atoms with van der Waals surface area (Å²) < 4.78 is 11.3. The minimum atomic E-state index is 0.187. The Labute approximate surface area is 128 Å². The molecule has 0 bridgehead atoms. The van der Waals surface area contributed by atoms with E-state index in [-0.39, 0.29) is 12.0 Å². The van der Waals surface area contributed by atoms with Crippen LogP contribution in [0.4, 0.5) is 0 Å². The van der Waals surface area contributed by atoms with Gasteiger partial charge in [-0.05, 0) is 25.2 Å². The maximum absolute atomic E-state index is 12.6. The normalized spacial score (nSPS) is 29.5. The smallest absolute Gasteiger partial charge is 0.226 e. The monoisotopic (exact) mass is 295 g/mol. The van der Waals surface area contributed by atoms with Gasteiger partial charge in [0, 0.05) is 32.2 Å². The van der Waals surface area contributed by atoms with Crippen LogP contribution >= 0.6 is 0 Å². The minimum Gasteiger partial charge on any atom is -0.381 e. The summed E-state index contributed by atoms with van der Waals surface area (Å²) in [6.07, 6.45) is 10.1. The van der Waals surface area contributed by atoms with Crippen LogP contribution in [0.3, 0.4) is 0 Å². The SMILES string of the molecule is O=C(C1CCOCC1)N1CCOC(CC2CCCCC2)C1. The van der Waals surface area contributed by atoms with Crippen LogP contribution in [0.1, 0.15) is 51.4 Å². The Morgan fingerprint density at radius 3 is 2.52 bits per heavy atom. The number of morpholine rings is 1. The van der Waals surface area contributed by atoms with Crippen molar-refractivity contribution in [2.45, 2.75) is 57.5 Å². The largest absolute Gasteiger partial charge is 0.381 e. The zero-order valence-electron chi connectivity index (χ0n) is 13.1. The van der Waals surface area contributed by atoms with Crippen LogP contribution in [0, 0.1) is 11.8 Å². The zero-order valence-corrected chi connectivity index (χ0v) is 13.1. The molecule has 3 rings (SSSR count). The fourth-order valence-electron chi connectivity index (χ4n) is 4.06. The molecule has 3 aliphatic rings. The van der Waals surface area contributed by atoms with Crippen molar-refractivity contribution in [1.29, 1.82) is 0 Å². The van der Waals surface area contributed by atoms with E-state index < -0.39 is 0 Å². The minimum absolute atomic E-state index is 0.187. The van der Waals surface area contributed by atoms with Gasteiger partial charge in [0.05, 0.1) is 12.7 Å².